The van der Waals surface area contributed by atoms with Crippen LogP contribution in [-0.2, 0) is 14.3 Å². The number of esters is 2. The van der Waals surface area contributed by atoms with E-state index in [1.54, 1.807) is 13.0 Å². The Morgan fingerprint density at radius 2 is 1.25 bits per heavy atom. The Bertz CT molecular complexity index is 446. The first kappa shape index (κ1) is 20.7. The quantitative estimate of drug-likeness (QED) is 0.221. The molecule has 0 aromatic heterocycles. The van der Waals surface area contributed by atoms with Crippen LogP contribution in [0.15, 0.2) is 23.3 Å². The first-order valence-electron chi connectivity index (χ1n) is 9.80. The number of carbonyl (C=O) groups excluding carboxylic acids is 2. The number of allylic oxidation sites excluding steroid dienone is 1. The van der Waals surface area contributed by atoms with Gasteiger partial charge >= 0.3 is 11.9 Å². The number of unbranched alkanes of at least 4 members (excludes halogenated alkanes) is 12. The van der Waals surface area contributed by atoms with Crippen molar-refractivity contribution >= 4 is 11.9 Å². The van der Waals surface area contributed by atoms with Gasteiger partial charge in [-0.2, -0.15) is 0 Å². The molecule has 0 radical (unpaired) electrons. The minimum atomic E-state index is -0.511. The second-order valence-electron chi connectivity index (χ2n) is 6.80. The van der Waals surface area contributed by atoms with Crippen LogP contribution < -0.4 is 0 Å². The molecule has 0 amide bonds. The van der Waals surface area contributed by atoms with Crippen LogP contribution in [0.5, 0.6) is 0 Å². The van der Waals surface area contributed by atoms with Gasteiger partial charge in [-0.25, -0.2) is 9.59 Å². The van der Waals surface area contributed by atoms with Crippen LogP contribution in [0.3, 0.4) is 0 Å². The van der Waals surface area contributed by atoms with E-state index in [1.165, 1.54) is 70.6 Å². The second-order valence-corrected chi connectivity index (χ2v) is 6.80. The summed E-state index contributed by atoms with van der Waals surface area (Å²) in [7, 11) is 0. The van der Waals surface area contributed by atoms with Gasteiger partial charge in [0, 0.05) is 5.57 Å². The second kappa shape index (κ2) is 13.0. The number of hydrogen-bond donors (Lipinski definition) is 0. The predicted octanol–water partition coefficient (Wildman–Crippen LogP) is 6.03. The number of carbonyl (C=O) groups is 2. The molecule has 0 saturated carbocycles. The number of ether oxygens (including phenoxy) is 1. The van der Waals surface area contributed by atoms with Gasteiger partial charge in [0.05, 0.1) is 5.57 Å². The molecule has 3 heteroatoms. The zero-order chi connectivity index (χ0) is 17.6. The normalized spacial score (nSPS) is 14.9. The molecule has 136 valence electrons. The fourth-order valence-electron chi connectivity index (χ4n) is 2.98. The lowest BCUT2D eigenvalue weighted by Crippen LogP contribution is -2.00. The SMILES string of the molecule is CCCCCCCCCCCCCCC=CC1=C(C)C(=O)OC1=O. The average molecular weight is 335 g/mol. The van der Waals surface area contributed by atoms with Gasteiger partial charge in [-0.15, -0.1) is 0 Å². The predicted molar refractivity (Wildman–Crippen MR) is 98.6 cm³/mol. The Labute approximate surface area is 147 Å². The van der Waals surface area contributed by atoms with Crippen molar-refractivity contribution in [2.75, 3.05) is 0 Å². The molecule has 0 aliphatic carbocycles. The molecule has 0 aromatic carbocycles. The highest BCUT2D eigenvalue weighted by atomic mass is 16.6. The van der Waals surface area contributed by atoms with Crippen molar-refractivity contribution in [3.8, 4) is 0 Å². The zero-order valence-electron chi connectivity index (χ0n) is 15.6. The minimum Gasteiger partial charge on any atom is -0.386 e. The summed E-state index contributed by atoms with van der Waals surface area (Å²) in [5, 5.41) is 0. The van der Waals surface area contributed by atoms with Gasteiger partial charge in [0.25, 0.3) is 0 Å². The summed E-state index contributed by atoms with van der Waals surface area (Å²) in [6.45, 7) is 3.90. The fraction of sp³-hybridized carbons (Fsp3) is 0.714. The first-order chi connectivity index (χ1) is 11.7. The third kappa shape index (κ3) is 8.47. The van der Waals surface area contributed by atoms with Crippen molar-refractivity contribution in [1.82, 2.24) is 0 Å². The lowest BCUT2D eigenvalue weighted by molar-refractivity contribution is -0.150. The third-order valence-corrected chi connectivity index (χ3v) is 4.62. The smallest absolute Gasteiger partial charge is 0.346 e. The Morgan fingerprint density at radius 3 is 1.71 bits per heavy atom. The van der Waals surface area contributed by atoms with Crippen molar-refractivity contribution in [3.05, 3.63) is 23.3 Å². The van der Waals surface area contributed by atoms with Gasteiger partial charge in [-0.05, 0) is 19.8 Å². The third-order valence-electron chi connectivity index (χ3n) is 4.62. The number of rotatable bonds is 14. The van der Waals surface area contributed by atoms with Crippen molar-refractivity contribution < 1.29 is 14.3 Å². The van der Waals surface area contributed by atoms with E-state index in [2.05, 4.69) is 11.7 Å². The maximum Gasteiger partial charge on any atom is 0.346 e. The van der Waals surface area contributed by atoms with Gasteiger partial charge in [0.15, 0.2) is 0 Å². The monoisotopic (exact) mass is 334 g/mol. The molecule has 0 atom stereocenters. The van der Waals surface area contributed by atoms with Gasteiger partial charge in [-0.1, -0.05) is 89.7 Å². The molecule has 0 unspecified atom stereocenters. The minimum absolute atomic E-state index is 0.416. The molecule has 0 bridgehead atoms. The van der Waals surface area contributed by atoms with Gasteiger partial charge in [0.2, 0.25) is 0 Å². The molecule has 1 aliphatic rings. The molecule has 1 heterocycles. The van der Waals surface area contributed by atoms with E-state index in [0.29, 0.717) is 11.1 Å². The number of hydrogen-bond acceptors (Lipinski definition) is 3. The lowest BCUT2D eigenvalue weighted by atomic mass is 10.0. The van der Waals surface area contributed by atoms with Crippen molar-refractivity contribution in [2.45, 2.75) is 97.3 Å². The van der Waals surface area contributed by atoms with Gasteiger partial charge in [-0.3, -0.25) is 0 Å². The maximum atomic E-state index is 11.4. The summed E-state index contributed by atoms with van der Waals surface area (Å²) in [5.41, 5.74) is 0.838. The van der Waals surface area contributed by atoms with Crippen molar-refractivity contribution in [2.24, 2.45) is 0 Å². The van der Waals surface area contributed by atoms with E-state index in [1.807, 2.05) is 6.08 Å². The van der Waals surface area contributed by atoms with Crippen LogP contribution in [0, 0.1) is 0 Å². The number of cyclic esters (lactones) is 2. The van der Waals surface area contributed by atoms with Gasteiger partial charge in [0.1, 0.15) is 0 Å². The van der Waals surface area contributed by atoms with E-state index in [-0.39, 0.29) is 0 Å². The van der Waals surface area contributed by atoms with Crippen LogP contribution in [0.1, 0.15) is 97.3 Å². The standard InChI is InChI=1S/C21H34O3/c1-3-4-5-6-7-8-9-10-11-12-13-14-15-16-17-19-18(2)20(22)24-21(19)23/h16-17H,3-15H2,1-2H3. The van der Waals surface area contributed by atoms with Crippen LogP contribution in [-0.4, -0.2) is 11.9 Å². The Kier molecular flexibility index (Phi) is 11.2. The van der Waals surface area contributed by atoms with E-state index in [9.17, 15) is 9.59 Å². The van der Waals surface area contributed by atoms with Gasteiger partial charge < -0.3 is 4.74 Å². The largest absolute Gasteiger partial charge is 0.386 e. The highest BCUT2D eigenvalue weighted by molar-refractivity contribution is 6.13. The Balaban J connectivity index is 1.92. The fourth-order valence-corrected chi connectivity index (χ4v) is 2.98. The molecule has 24 heavy (non-hydrogen) atoms. The molecule has 3 nitrogen and oxygen atoms in total. The van der Waals surface area contributed by atoms with Crippen LogP contribution >= 0.6 is 0 Å². The molecule has 0 N–H and O–H groups in total. The Hall–Kier alpha value is -1.38. The molecule has 1 aliphatic heterocycles. The molecule has 0 spiro atoms. The summed E-state index contributed by atoms with van der Waals surface area (Å²) in [4.78, 5) is 22.6. The average Bonchev–Trinajstić information content (AvgIpc) is 2.81. The summed E-state index contributed by atoms with van der Waals surface area (Å²) >= 11 is 0. The molecule has 1 rings (SSSR count). The molecule has 0 aromatic rings. The highest BCUT2D eigenvalue weighted by Crippen LogP contribution is 2.18. The maximum absolute atomic E-state index is 11.4. The van der Waals surface area contributed by atoms with E-state index >= 15 is 0 Å². The van der Waals surface area contributed by atoms with E-state index in [0.717, 1.165) is 12.8 Å². The summed E-state index contributed by atoms with van der Waals surface area (Å²) in [5.74, 6) is -1.02. The molecule has 0 fully saturated rings. The molecular weight excluding hydrogens is 300 g/mol. The van der Waals surface area contributed by atoms with Crippen LogP contribution in [0.25, 0.3) is 0 Å². The van der Waals surface area contributed by atoms with Crippen LogP contribution in [0.4, 0.5) is 0 Å². The van der Waals surface area contributed by atoms with Crippen LogP contribution in [0.2, 0.25) is 0 Å². The zero-order valence-corrected chi connectivity index (χ0v) is 15.6. The van der Waals surface area contributed by atoms with Crippen molar-refractivity contribution in [3.63, 3.8) is 0 Å². The summed E-state index contributed by atoms with van der Waals surface area (Å²) in [6.07, 6.45) is 20.8. The van der Waals surface area contributed by atoms with E-state index in [4.69, 9.17) is 0 Å². The molecular formula is C21H34O3. The highest BCUT2D eigenvalue weighted by Gasteiger charge is 2.27. The summed E-state index contributed by atoms with van der Waals surface area (Å²) in [6, 6.07) is 0. The molecule has 0 saturated heterocycles. The van der Waals surface area contributed by atoms with E-state index < -0.39 is 11.9 Å². The van der Waals surface area contributed by atoms with Crippen molar-refractivity contribution in [1.29, 1.82) is 0 Å². The summed E-state index contributed by atoms with van der Waals surface area (Å²) < 4.78 is 4.55. The first-order valence-corrected chi connectivity index (χ1v) is 9.80. The topological polar surface area (TPSA) is 43.4 Å². The Morgan fingerprint density at radius 1 is 0.750 bits per heavy atom. The lowest BCUT2D eigenvalue weighted by Gasteiger charge is -2.02.